The van der Waals surface area contributed by atoms with Crippen LogP contribution in [0.15, 0.2) is 0 Å². The average Bonchev–Trinajstić information content (AvgIpc) is 1.74. The van der Waals surface area contributed by atoms with Gasteiger partial charge in [-0.3, -0.25) is 4.79 Å². The molecule has 1 aliphatic rings. The van der Waals surface area contributed by atoms with E-state index in [4.69, 9.17) is 0 Å². The van der Waals surface area contributed by atoms with Crippen LogP contribution in [0.25, 0.3) is 0 Å². The molecule has 0 aliphatic carbocycles. The molecule has 1 rings (SSSR count). The van der Waals surface area contributed by atoms with Gasteiger partial charge in [0.05, 0.1) is 0 Å². The summed E-state index contributed by atoms with van der Waals surface area (Å²) in [7, 11) is 0. The lowest BCUT2D eigenvalue weighted by molar-refractivity contribution is -0.135. The van der Waals surface area contributed by atoms with Gasteiger partial charge >= 0.3 is 0 Å². The van der Waals surface area contributed by atoms with E-state index in [9.17, 15) is 4.79 Å². The standard InChI is InChI=1S/C10H19NO/c1-8(12)11-6-9(7-11)5-10(2,3)4/h9H,5-7H2,1-4H3. The summed E-state index contributed by atoms with van der Waals surface area (Å²) in [5.74, 6) is 0.967. The lowest BCUT2D eigenvalue weighted by Crippen LogP contribution is -2.50. The Morgan fingerprint density at radius 2 is 1.92 bits per heavy atom. The number of rotatable bonds is 1. The molecule has 0 atom stereocenters. The van der Waals surface area contributed by atoms with E-state index in [0.717, 1.165) is 19.0 Å². The fourth-order valence-electron chi connectivity index (χ4n) is 1.82. The summed E-state index contributed by atoms with van der Waals surface area (Å²) in [6.45, 7) is 10.4. The molecular weight excluding hydrogens is 150 g/mol. The zero-order valence-electron chi connectivity index (χ0n) is 8.55. The summed E-state index contributed by atoms with van der Waals surface area (Å²) in [5.41, 5.74) is 0.410. The van der Waals surface area contributed by atoms with Crippen molar-refractivity contribution in [1.29, 1.82) is 0 Å². The second kappa shape index (κ2) is 3.08. The molecule has 0 N–H and O–H groups in total. The minimum atomic E-state index is 0.222. The molecule has 12 heavy (non-hydrogen) atoms. The van der Waals surface area contributed by atoms with E-state index in [1.54, 1.807) is 6.92 Å². The Morgan fingerprint density at radius 1 is 1.42 bits per heavy atom. The highest BCUT2D eigenvalue weighted by atomic mass is 16.2. The van der Waals surface area contributed by atoms with Gasteiger partial charge in [0.25, 0.3) is 0 Å². The smallest absolute Gasteiger partial charge is 0.219 e. The van der Waals surface area contributed by atoms with Crippen molar-refractivity contribution in [2.75, 3.05) is 13.1 Å². The largest absolute Gasteiger partial charge is 0.342 e. The van der Waals surface area contributed by atoms with Gasteiger partial charge < -0.3 is 4.90 Å². The van der Waals surface area contributed by atoms with Crippen LogP contribution in [0.5, 0.6) is 0 Å². The minimum absolute atomic E-state index is 0.222. The summed E-state index contributed by atoms with van der Waals surface area (Å²) in [4.78, 5) is 12.8. The normalized spacial score (nSPS) is 19.2. The van der Waals surface area contributed by atoms with Crippen LogP contribution in [0.4, 0.5) is 0 Å². The van der Waals surface area contributed by atoms with Gasteiger partial charge in [0.15, 0.2) is 0 Å². The molecule has 0 aromatic carbocycles. The Bertz CT molecular complexity index is 175. The number of likely N-dealkylation sites (tertiary alicyclic amines) is 1. The van der Waals surface area contributed by atoms with E-state index in [1.165, 1.54) is 6.42 Å². The van der Waals surface area contributed by atoms with Crippen molar-refractivity contribution in [3.8, 4) is 0 Å². The Balaban J connectivity index is 2.22. The van der Waals surface area contributed by atoms with E-state index >= 15 is 0 Å². The van der Waals surface area contributed by atoms with E-state index in [0.29, 0.717) is 5.41 Å². The van der Waals surface area contributed by atoms with Crippen molar-refractivity contribution >= 4 is 5.91 Å². The summed E-state index contributed by atoms with van der Waals surface area (Å²) in [5, 5.41) is 0. The van der Waals surface area contributed by atoms with Crippen molar-refractivity contribution in [3.63, 3.8) is 0 Å². The average molecular weight is 169 g/mol. The predicted octanol–water partition coefficient (Wildman–Crippen LogP) is 1.90. The first-order valence-corrected chi connectivity index (χ1v) is 4.64. The molecule has 2 nitrogen and oxygen atoms in total. The number of hydrogen-bond donors (Lipinski definition) is 0. The molecule has 1 fully saturated rings. The zero-order chi connectivity index (χ0) is 9.35. The SMILES string of the molecule is CC(=O)N1CC(CC(C)(C)C)C1. The highest BCUT2D eigenvalue weighted by Crippen LogP contribution is 2.29. The minimum Gasteiger partial charge on any atom is -0.342 e. The third-order valence-corrected chi connectivity index (χ3v) is 2.30. The van der Waals surface area contributed by atoms with Gasteiger partial charge in [0, 0.05) is 20.0 Å². The third-order valence-electron chi connectivity index (χ3n) is 2.30. The maximum atomic E-state index is 10.9. The molecule has 1 amide bonds. The molecule has 0 radical (unpaired) electrons. The number of hydrogen-bond acceptors (Lipinski definition) is 1. The molecule has 0 bridgehead atoms. The highest BCUT2D eigenvalue weighted by molar-refractivity contribution is 5.74. The molecule has 0 aromatic rings. The summed E-state index contributed by atoms with van der Waals surface area (Å²) in [6, 6.07) is 0. The first-order valence-electron chi connectivity index (χ1n) is 4.64. The van der Waals surface area contributed by atoms with E-state index in [-0.39, 0.29) is 5.91 Å². The fraction of sp³-hybridized carbons (Fsp3) is 0.900. The molecule has 1 aliphatic heterocycles. The van der Waals surface area contributed by atoms with Gasteiger partial charge in [-0.2, -0.15) is 0 Å². The highest BCUT2D eigenvalue weighted by Gasteiger charge is 2.31. The Hall–Kier alpha value is -0.530. The maximum Gasteiger partial charge on any atom is 0.219 e. The van der Waals surface area contributed by atoms with E-state index in [2.05, 4.69) is 20.8 Å². The lowest BCUT2D eigenvalue weighted by Gasteiger charge is -2.41. The fourth-order valence-corrected chi connectivity index (χ4v) is 1.82. The number of carbonyl (C=O) groups is 1. The van der Waals surface area contributed by atoms with Crippen LogP contribution in [0.1, 0.15) is 34.1 Å². The molecule has 0 unspecified atom stereocenters. The van der Waals surface area contributed by atoms with Gasteiger partial charge in [0.2, 0.25) is 5.91 Å². The van der Waals surface area contributed by atoms with Crippen LogP contribution < -0.4 is 0 Å². The third kappa shape index (κ3) is 2.50. The molecule has 70 valence electrons. The number of carbonyl (C=O) groups excluding carboxylic acids is 1. The summed E-state index contributed by atoms with van der Waals surface area (Å²) in [6.07, 6.45) is 1.23. The van der Waals surface area contributed by atoms with Crippen LogP contribution in [0.3, 0.4) is 0 Å². The quantitative estimate of drug-likeness (QED) is 0.587. The summed E-state index contributed by atoms with van der Waals surface area (Å²) >= 11 is 0. The van der Waals surface area contributed by atoms with Crippen molar-refractivity contribution in [1.82, 2.24) is 4.90 Å². The Labute approximate surface area is 74.9 Å². The second-order valence-corrected chi connectivity index (χ2v) is 5.05. The van der Waals surface area contributed by atoms with Crippen molar-refractivity contribution in [2.45, 2.75) is 34.1 Å². The molecule has 0 spiro atoms. The van der Waals surface area contributed by atoms with Crippen LogP contribution in [0.2, 0.25) is 0 Å². The zero-order valence-corrected chi connectivity index (χ0v) is 8.55. The Morgan fingerprint density at radius 3 is 2.25 bits per heavy atom. The lowest BCUT2D eigenvalue weighted by atomic mass is 9.81. The molecule has 0 saturated carbocycles. The molecule has 2 heteroatoms. The second-order valence-electron chi connectivity index (χ2n) is 5.05. The van der Waals surface area contributed by atoms with Crippen molar-refractivity contribution < 1.29 is 4.79 Å². The summed E-state index contributed by atoms with van der Waals surface area (Å²) < 4.78 is 0. The van der Waals surface area contributed by atoms with Gasteiger partial charge in [-0.15, -0.1) is 0 Å². The molecule has 1 heterocycles. The van der Waals surface area contributed by atoms with E-state index < -0.39 is 0 Å². The van der Waals surface area contributed by atoms with Gasteiger partial charge in [-0.25, -0.2) is 0 Å². The van der Waals surface area contributed by atoms with Crippen molar-refractivity contribution in [3.05, 3.63) is 0 Å². The van der Waals surface area contributed by atoms with E-state index in [1.807, 2.05) is 4.90 Å². The monoisotopic (exact) mass is 169 g/mol. The Kier molecular flexibility index (Phi) is 2.45. The van der Waals surface area contributed by atoms with Crippen molar-refractivity contribution in [2.24, 2.45) is 11.3 Å². The molecular formula is C10H19NO. The first-order chi connectivity index (χ1) is 5.38. The van der Waals surface area contributed by atoms with Crippen LogP contribution in [0, 0.1) is 11.3 Å². The number of amides is 1. The maximum absolute atomic E-state index is 10.9. The van der Waals surface area contributed by atoms with Crippen LogP contribution >= 0.6 is 0 Å². The van der Waals surface area contributed by atoms with Gasteiger partial charge in [0.1, 0.15) is 0 Å². The first kappa shape index (κ1) is 9.56. The van der Waals surface area contributed by atoms with Crippen LogP contribution in [-0.4, -0.2) is 23.9 Å². The van der Waals surface area contributed by atoms with Gasteiger partial charge in [-0.1, -0.05) is 20.8 Å². The topological polar surface area (TPSA) is 20.3 Å². The molecule has 1 saturated heterocycles. The molecule has 0 aromatic heterocycles. The van der Waals surface area contributed by atoms with Gasteiger partial charge in [-0.05, 0) is 17.8 Å². The predicted molar refractivity (Wildman–Crippen MR) is 49.8 cm³/mol. The van der Waals surface area contributed by atoms with Crippen LogP contribution in [-0.2, 0) is 4.79 Å². The number of nitrogens with zero attached hydrogens (tertiary/aromatic N) is 1.